The van der Waals surface area contributed by atoms with Crippen LogP contribution in [0.2, 0.25) is 0 Å². The van der Waals surface area contributed by atoms with Gasteiger partial charge < -0.3 is 15.0 Å². The number of carbonyl (C=O) groups is 1. The summed E-state index contributed by atoms with van der Waals surface area (Å²) >= 11 is 3.45. The van der Waals surface area contributed by atoms with Crippen molar-refractivity contribution >= 4 is 27.6 Å². The molecule has 0 radical (unpaired) electrons. The molecule has 23 heavy (non-hydrogen) atoms. The molecule has 1 aliphatic rings. The van der Waals surface area contributed by atoms with Gasteiger partial charge in [-0.25, -0.2) is 4.79 Å². The summed E-state index contributed by atoms with van der Waals surface area (Å²) in [7, 11) is 1.62. The summed E-state index contributed by atoms with van der Waals surface area (Å²) < 4.78 is 6.24. The predicted octanol–water partition coefficient (Wildman–Crippen LogP) is 4.83. The van der Waals surface area contributed by atoms with Gasteiger partial charge in [-0.2, -0.15) is 0 Å². The van der Waals surface area contributed by atoms with E-state index < -0.39 is 0 Å². The number of nitrogens with one attached hydrogen (secondary N) is 1. The van der Waals surface area contributed by atoms with Crippen LogP contribution in [0.25, 0.3) is 0 Å². The van der Waals surface area contributed by atoms with Gasteiger partial charge in [0.15, 0.2) is 0 Å². The Morgan fingerprint density at radius 2 is 2.04 bits per heavy atom. The third-order valence-corrected chi connectivity index (χ3v) is 4.62. The molecule has 1 fully saturated rings. The monoisotopic (exact) mass is 374 g/mol. The van der Waals surface area contributed by atoms with Gasteiger partial charge >= 0.3 is 6.03 Å². The first kappa shape index (κ1) is 15.9. The Morgan fingerprint density at radius 3 is 2.78 bits per heavy atom. The lowest BCUT2D eigenvalue weighted by atomic mass is 10.1. The zero-order chi connectivity index (χ0) is 16.2. The minimum absolute atomic E-state index is 0.0660. The maximum absolute atomic E-state index is 12.6. The second-order valence-electron chi connectivity index (χ2n) is 5.57. The van der Waals surface area contributed by atoms with Crippen molar-refractivity contribution < 1.29 is 9.53 Å². The maximum Gasteiger partial charge on any atom is 0.322 e. The van der Waals surface area contributed by atoms with Crippen molar-refractivity contribution in [2.45, 2.75) is 18.9 Å². The van der Waals surface area contributed by atoms with Gasteiger partial charge in [0.1, 0.15) is 5.75 Å². The summed E-state index contributed by atoms with van der Waals surface area (Å²) in [6.45, 7) is 0.774. The number of ether oxygens (including phenoxy) is 1. The third kappa shape index (κ3) is 3.67. The average molecular weight is 375 g/mol. The summed E-state index contributed by atoms with van der Waals surface area (Å²) in [4.78, 5) is 14.5. The number of likely N-dealkylation sites (tertiary alicyclic amines) is 1. The van der Waals surface area contributed by atoms with E-state index in [9.17, 15) is 4.79 Å². The van der Waals surface area contributed by atoms with E-state index in [2.05, 4.69) is 33.4 Å². The molecule has 120 valence electrons. The average Bonchev–Trinajstić information content (AvgIpc) is 3.05. The number of methoxy groups -OCH3 is 1. The first-order valence-electron chi connectivity index (χ1n) is 7.64. The van der Waals surface area contributed by atoms with Crippen LogP contribution in [-0.2, 0) is 0 Å². The molecular formula is C18H19BrN2O2. The van der Waals surface area contributed by atoms with Gasteiger partial charge in [-0.15, -0.1) is 0 Å². The minimum Gasteiger partial charge on any atom is -0.497 e. The summed E-state index contributed by atoms with van der Waals surface area (Å²) in [6.07, 6.45) is 2.01. The zero-order valence-corrected chi connectivity index (χ0v) is 14.5. The fourth-order valence-electron chi connectivity index (χ4n) is 2.94. The highest BCUT2D eigenvalue weighted by atomic mass is 79.9. The van der Waals surface area contributed by atoms with E-state index in [4.69, 9.17) is 4.74 Å². The number of halogens is 1. The van der Waals surface area contributed by atoms with Crippen molar-refractivity contribution in [3.05, 3.63) is 58.6 Å². The van der Waals surface area contributed by atoms with Gasteiger partial charge in [0, 0.05) is 22.8 Å². The quantitative estimate of drug-likeness (QED) is 0.835. The van der Waals surface area contributed by atoms with Gasteiger partial charge in [-0.05, 0) is 42.7 Å². The number of anilines is 1. The largest absolute Gasteiger partial charge is 0.497 e. The van der Waals surface area contributed by atoms with Crippen LogP contribution >= 0.6 is 15.9 Å². The van der Waals surface area contributed by atoms with E-state index in [0.29, 0.717) is 0 Å². The Labute approximate surface area is 144 Å². The van der Waals surface area contributed by atoms with Crippen molar-refractivity contribution in [1.82, 2.24) is 4.90 Å². The lowest BCUT2D eigenvalue weighted by Crippen LogP contribution is -2.34. The van der Waals surface area contributed by atoms with Gasteiger partial charge in [-0.1, -0.05) is 34.1 Å². The van der Waals surface area contributed by atoms with Crippen molar-refractivity contribution in [2.24, 2.45) is 0 Å². The van der Waals surface area contributed by atoms with Gasteiger partial charge in [-0.3, -0.25) is 0 Å². The Kier molecular flexibility index (Phi) is 4.86. The normalized spacial score (nSPS) is 17.1. The molecule has 1 N–H and O–H groups in total. The molecule has 2 aromatic rings. The van der Waals surface area contributed by atoms with E-state index >= 15 is 0 Å². The van der Waals surface area contributed by atoms with Crippen LogP contribution in [0.3, 0.4) is 0 Å². The van der Waals surface area contributed by atoms with Crippen LogP contribution in [0, 0.1) is 0 Å². The van der Waals surface area contributed by atoms with E-state index in [1.807, 2.05) is 41.3 Å². The molecule has 4 nitrogen and oxygen atoms in total. The number of nitrogens with zero attached hydrogens (tertiary/aromatic N) is 1. The smallest absolute Gasteiger partial charge is 0.322 e. The number of rotatable bonds is 3. The lowest BCUT2D eigenvalue weighted by molar-refractivity contribution is 0.207. The Hall–Kier alpha value is -2.01. The highest BCUT2D eigenvalue weighted by Crippen LogP contribution is 2.33. The van der Waals surface area contributed by atoms with Crippen LogP contribution in [0.5, 0.6) is 5.75 Å². The zero-order valence-electron chi connectivity index (χ0n) is 13.0. The van der Waals surface area contributed by atoms with Crippen LogP contribution in [0.1, 0.15) is 24.4 Å². The van der Waals surface area contributed by atoms with Crippen molar-refractivity contribution in [1.29, 1.82) is 0 Å². The molecule has 2 aromatic carbocycles. The van der Waals surface area contributed by atoms with Crippen LogP contribution in [0.15, 0.2) is 53.0 Å². The fourth-order valence-corrected chi connectivity index (χ4v) is 3.20. The molecule has 1 heterocycles. The molecule has 0 aliphatic carbocycles. The number of urea groups is 1. The Bertz CT molecular complexity index is 688. The molecule has 1 atom stereocenters. The first-order valence-corrected chi connectivity index (χ1v) is 8.44. The standard InChI is InChI=1S/C18H19BrN2O2/c1-23-16-5-2-4-15(12-16)20-18(22)21-11-3-6-17(21)13-7-9-14(19)10-8-13/h2,4-5,7-10,12,17H,3,6,11H2,1H3,(H,20,22). The summed E-state index contributed by atoms with van der Waals surface area (Å²) in [5.41, 5.74) is 1.92. The van der Waals surface area contributed by atoms with E-state index in [0.717, 1.165) is 35.3 Å². The highest BCUT2D eigenvalue weighted by molar-refractivity contribution is 9.10. The molecule has 0 saturated carbocycles. The lowest BCUT2D eigenvalue weighted by Gasteiger charge is -2.25. The van der Waals surface area contributed by atoms with Crippen LogP contribution < -0.4 is 10.1 Å². The Morgan fingerprint density at radius 1 is 1.26 bits per heavy atom. The number of benzene rings is 2. The SMILES string of the molecule is COc1cccc(NC(=O)N2CCCC2c2ccc(Br)cc2)c1. The van der Waals surface area contributed by atoms with Gasteiger partial charge in [0.25, 0.3) is 0 Å². The second kappa shape index (κ2) is 7.04. The molecule has 3 rings (SSSR count). The molecule has 2 amide bonds. The molecule has 1 saturated heterocycles. The van der Waals surface area contributed by atoms with Crippen LogP contribution in [0.4, 0.5) is 10.5 Å². The first-order chi connectivity index (χ1) is 11.2. The van der Waals surface area contributed by atoms with Gasteiger partial charge in [0.2, 0.25) is 0 Å². The summed E-state index contributed by atoms with van der Waals surface area (Å²) in [6, 6.07) is 15.7. The second-order valence-corrected chi connectivity index (χ2v) is 6.48. The van der Waals surface area contributed by atoms with Crippen LogP contribution in [-0.4, -0.2) is 24.6 Å². The molecule has 0 spiro atoms. The topological polar surface area (TPSA) is 41.6 Å². The number of hydrogen-bond acceptors (Lipinski definition) is 2. The molecule has 1 aliphatic heterocycles. The summed E-state index contributed by atoms with van der Waals surface area (Å²) in [5.74, 6) is 0.730. The van der Waals surface area contributed by atoms with Gasteiger partial charge in [0.05, 0.1) is 13.2 Å². The summed E-state index contributed by atoms with van der Waals surface area (Å²) in [5, 5.41) is 2.97. The van der Waals surface area contributed by atoms with E-state index in [1.54, 1.807) is 7.11 Å². The molecular weight excluding hydrogens is 356 g/mol. The molecule has 0 aromatic heterocycles. The number of amides is 2. The minimum atomic E-state index is -0.0660. The Balaban J connectivity index is 1.74. The van der Waals surface area contributed by atoms with Crippen molar-refractivity contribution in [3.8, 4) is 5.75 Å². The van der Waals surface area contributed by atoms with E-state index in [1.165, 1.54) is 5.56 Å². The van der Waals surface area contributed by atoms with Crippen molar-refractivity contribution in [2.75, 3.05) is 19.0 Å². The van der Waals surface area contributed by atoms with Crippen molar-refractivity contribution in [3.63, 3.8) is 0 Å². The molecule has 5 heteroatoms. The maximum atomic E-state index is 12.6. The molecule has 1 unspecified atom stereocenters. The highest BCUT2D eigenvalue weighted by Gasteiger charge is 2.29. The molecule has 0 bridgehead atoms. The third-order valence-electron chi connectivity index (χ3n) is 4.09. The fraction of sp³-hybridized carbons (Fsp3) is 0.278. The number of hydrogen-bond donors (Lipinski definition) is 1. The number of carbonyl (C=O) groups excluding carboxylic acids is 1. The van der Waals surface area contributed by atoms with E-state index in [-0.39, 0.29) is 12.1 Å². The predicted molar refractivity (Wildman–Crippen MR) is 94.8 cm³/mol.